The number of rotatable bonds is 8. The van der Waals surface area contributed by atoms with Crippen LogP contribution < -0.4 is 10.6 Å². The summed E-state index contributed by atoms with van der Waals surface area (Å²) in [7, 11) is 0. The Labute approximate surface area is 124 Å². The largest absolute Gasteiger partial charge is 0.379 e. The molecule has 0 saturated carbocycles. The summed E-state index contributed by atoms with van der Waals surface area (Å²) in [5, 5.41) is 7.26. The van der Waals surface area contributed by atoms with Crippen molar-refractivity contribution in [3.8, 4) is 0 Å². The predicted octanol–water partition coefficient (Wildman–Crippen LogP) is 3.90. The van der Waals surface area contributed by atoms with E-state index in [-0.39, 0.29) is 0 Å². The van der Waals surface area contributed by atoms with E-state index in [9.17, 15) is 0 Å². The number of hydrogen-bond acceptors (Lipinski definition) is 4. The molecule has 0 radical (unpaired) electrons. The van der Waals surface area contributed by atoms with Crippen LogP contribution in [0.2, 0.25) is 10.0 Å². The molecule has 0 fully saturated rings. The fourth-order valence-electron chi connectivity index (χ4n) is 1.44. The number of anilines is 2. The summed E-state index contributed by atoms with van der Waals surface area (Å²) in [4.78, 5) is 4.35. The van der Waals surface area contributed by atoms with E-state index in [1.807, 2.05) is 6.92 Å². The van der Waals surface area contributed by atoms with Crippen LogP contribution >= 0.6 is 23.2 Å². The predicted molar refractivity (Wildman–Crippen MR) is 82.6 cm³/mol. The van der Waals surface area contributed by atoms with E-state index in [1.54, 1.807) is 6.07 Å². The number of aromatic nitrogens is 1. The number of ether oxygens (including phenoxy) is 1. The minimum Gasteiger partial charge on any atom is -0.379 e. The van der Waals surface area contributed by atoms with Gasteiger partial charge in [-0.2, -0.15) is 0 Å². The molecule has 2 N–H and O–H groups in total. The van der Waals surface area contributed by atoms with Crippen molar-refractivity contribution in [3.05, 3.63) is 16.1 Å². The van der Waals surface area contributed by atoms with Gasteiger partial charge in [-0.3, -0.25) is 0 Å². The molecule has 0 saturated heterocycles. The Balaban J connectivity index is 2.50. The van der Waals surface area contributed by atoms with Crippen molar-refractivity contribution in [2.75, 3.05) is 36.9 Å². The van der Waals surface area contributed by atoms with Gasteiger partial charge in [0.05, 0.1) is 16.7 Å². The fourth-order valence-corrected chi connectivity index (χ4v) is 1.93. The van der Waals surface area contributed by atoms with Crippen molar-refractivity contribution in [2.45, 2.75) is 20.8 Å². The lowest BCUT2D eigenvalue weighted by Gasteiger charge is -2.12. The molecule has 0 aliphatic heterocycles. The van der Waals surface area contributed by atoms with E-state index in [2.05, 4.69) is 29.5 Å². The molecule has 0 amide bonds. The van der Waals surface area contributed by atoms with Gasteiger partial charge in [0, 0.05) is 19.7 Å². The topological polar surface area (TPSA) is 46.2 Å². The number of halogens is 2. The molecule has 6 heteroatoms. The van der Waals surface area contributed by atoms with Crippen LogP contribution in [0.15, 0.2) is 6.07 Å². The summed E-state index contributed by atoms with van der Waals surface area (Å²) < 4.78 is 5.48. The average Bonchev–Trinajstić information content (AvgIpc) is 2.33. The third-order valence-electron chi connectivity index (χ3n) is 2.26. The Morgan fingerprint density at radius 1 is 1.21 bits per heavy atom. The van der Waals surface area contributed by atoms with Gasteiger partial charge in [0.2, 0.25) is 0 Å². The number of pyridine rings is 1. The van der Waals surface area contributed by atoms with Crippen LogP contribution in [0.5, 0.6) is 0 Å². The summed E-state index contributed by atoms with van der Waals surface area (Å²) in [6.45, 7) is 9.01. The molecule has 108 valence electrons. The fraction of sp³-hybridized carbons (Fsp3) is 0.615. The van der Waals surface area contributed by atoms with Crippen molar-refractivity contribution < 1.29 is 4.74 Å². The smallest absolute Gasteiger partial charge is 0.147 e. The van der Waals surface area contributed by atoms with Crippen LogP contribution in [0.1, 0.15) is 20.8 Å². The zero-order chi connectivity index (χ0) is 14.3. The van der Waals surface area contributed by atoms with Gasteiger partial charge in [0.1, 0.15) is 11.6 Å². The Morgan fingerprint density at radius 3 is 2.42 bits per heavy atom. The molecule has 1 aromatic heterocycles. The molecule has 4 nitrogen and oxygen atoms in total. The average molecular weight is 306 g/mol. The Morgan fingerprint density at radius 2 is 1.84 bits per heavy atom. The first kappa shape index (κ1) is 16.3. The monoisotopic (exact) mass is 305 g/mol. The van der Waals surface area contributed by atoms with Crippen LogP contribution in [0, 0.1) is 5.92 Å². The molecule has 1 rings (SSSR count). The summed E-state index contributed by atoms with van der Waals surface area (Å²) >= 11 is 12.1. The minimum atomic E-state index is 0.510. The van der Waals surface area contributed by atoms with Crippen LogP contribution in [-0.4, -0.2) is 31.3 Å². The van der Waals surface area contributed by atoms with E-state index < -0.39 is 0 Å². The molecule has 0 spiro atoms. The third-order valence-corrected chi connectivity index (χ3v) is 2.84. The summed E-state index contributed by atoms with van der Waals surface area (Å²) in [6, 6.07) is 1.69. The summed E-state index contributed by atoms with van der Waals surface area (Å²) in [5.41, 5.74) is 0. The number of nitrogens with zero attached hydrogens (tertiary/aromatic N) is 1. The lowest BCUT2D eigenvalue weighted by atomic mass is 10.2. The number of nitrogens with one attached hydrogen (secondary N) is 2. The summed E-state index contributed by atoms with van der Waals surface area (Å²) in [5.74, 6) is 1.80. The van der Waals surface area contributed by atoms with E-state index in [1.165, 1.54) is 0 Å². The maximum Gasteiger partial charge on any atom is 0.147 e. The first-order valence-electron chi connectivity index (χ1n) is 6.46. The van der Waals surface area contributed by atoms with Gasteiger partial charge in [-0.05, 0) is 18.9 Å². The highest BCUT2D eigenvalue weighted by Gasteiger charge is 2.08. The van der Waals surface area contributed by atoms with Gasteiger partial charge >= 0.3 is 0 Å². The molecule has 0 bridgehead atoms. The first-order valence-corrected chi connectivity index (χ1v) is 7.21. The molecule has 0 aliphatic rings. The van der Waals surface area contributed by atoms with Gasteiger partial charge in [0.15, 0.2) is 0 Å². The summed E-state index contributed by atoms with van der Waals surface area (Å²) in [6.07, 6.45) is 0. The normalized spacial score (nSPS) is 10.8. The second kappa shape index (κ2) is 8.46. The molecular formula is C13H21Cl2N3O. The molecule has 0 atom stereocenters. The molecule has 0 aliphatic carbocycles. The van der Waals surface area contributed by atoms with Crippen molar-refractivity contribution in [1.29, 1.82) is 0 Å². The zero-order valence-electron chi connectivity index (χ0n) is 11.6. The second-order valence-corrected chi connectivity index (χ2v) is 5.39. The zero-order valence-corrected chi connectivity index (χ0v) is 13.1. The SMILES string of the molecule is CCNc1nc(NCCOCC(C)C)c(Cl)cc1Cl. The highest BCUT2D eigenvalue weighted by molar-refractivity contribution is 6.37. The molecule has 1 heterocycles. The van der Waals surface area contributed by atoms with E-state index in [0.29, 0.717) is 40.8 Å². The van der Waals surface area contributed by atoms with Gasteiger partial charge in [-0.15, -0.1) is 0 Å². The molecule has 0 aromatic carbocycles. The molecular weight excluding hydrogens is 285 g/mol. The first-order chi connectivity index (χ1) is 9.04. The van der Waals surface area contributed by atoms with Crippen molar-refractivity contribution in [2.24, 2.45) is 5.92 Å². The van der Waals surface area contributed by atoms with Crippen LogP contribution in [0.3, 0.4) is 0 Å². The minimum absolute atomic E-state index is 0.510. The van der Waals surface area contributed by atoms with Crippen molar-refractivity contribution >= 4 is 34.8 Å². The Bertz CT molecular complexity index is 400. The van der Waals surface area contributed by atoms with Crippen LogP contribution in [0.4, 0.5) is 11.6 Å². The Hall–Kier alpha value is -0.710. The highest BCUT2D eigenvalue weighted by atomic mass is 35.5. The number of hydrogen-bond donors (Lipinski definition) is 2. The van der Waals surface area contributed by atoms with Crippen LogP contribution in [-0.2, 0) is 4.74 Å². The molecule has 1 aromatic rings. The lowest BCUT2D eigenvalue weighted by Crippen LogP contribution is -2.13. The maximum atomic E-state index is 6.09. The van der Waals surface area contributed by atoms with E-state index in [0.717, 1.165) is 13.2 Å². The highest BCUT2D eigenvalue weighted by Crippen LogP contribution is 2.28. The molecule has 19 heavy (non-hydrogen) atoms. The maximum absolute atomic E-state index is 6.09. The quantitative estimate of drug-likeness (QED) is 0.715. The molecule has 0 unspecified atom stereocenters. The van der Waals surface area contributed by atoms with Gasteiger partial charge < -0.3 is 15.4 Å². The van der Waals surface area contributed by atoms with Gasteiger partial charge in [-0.1, -0.05) is 37.0 Å². The standard InChI is InChI=1S/C13H21Cl2N3O/c1-4-16-12-10(14)7-11(15)13(18-12)17-5-6-19-8-9(2)3/h7,9H,4-6,8H2,1-3H3,(H2,16,17,18). The van der Waals surface area contributed by atoms with Gasteiger partial charge in [0.25, 0.3) is 0 Å². The van der Waals surface area contributed by atoms with Gasteiger partial charge in [-0.25, -0.2) is 4.98 Å². The van der Waals surface area contributed by atoms with Crippen LogP contribution in [0.25, 0.3) is 0 Å². The van der Waals surface area contributed by atoms with Crippen molar-refractivity contribution in [3.63, 3.8) is 0 Å². The third kappa shape index (κ3) is 5.85. The second-order valence-electron chi connectivity index (χ2n) is 4.58. The van der Waals surface area contributed by atoms with Crippen molar-refractivity contribution in [1.82, 2.24) is 4.98 Å². The lowest BCUT2D eigenvalue weighted by molar-refractivity contribution is 0.118. The van der Waals surface area contributed by atoms with E-state index in [4.69, 9.17) is 27.9 Å². The van der Waals surface area contributed by atoms with E-state index >= 15 is 0 Å². The Kier molecular flexibility index (Phi) is 7.28.